The van der Waals surface area contributed by atoms with E-state index in [1.54, 1.807) is 17.0 Å². The van der Waals surface area contributed by atoms with Gasteiger partial charge >= 0.3 is 6.18 Å². The van der Waals surface area contributed by atoms with E-state index in [1.165, 1.54) is 18.3 Å². The number of alkyl halides is 3. The first-order chi connectivity index (χ1) is 18.9. The molecule has 1 saturated heterocycles. The highest BCUT2D eigenvalue weighted by atomic mass is 32.2. The van der Waals surface area contributed by atoms with Gasteiger partial charge in [-0.25, -0.2) is 4.98 Å². The Kier molecular flexibility index (Phi) is 8.03. The number of rotatable bonds is 6. The van der Waals surface area contributed by atoms with Gasteiger partial charge in [-0.3, -0.25) is 14.0 Å². The minimum Gasteiger partial charge on any atom is -0.342 e. The molecule has 216 valence electrons. The molecule has 1 aromatic carbocycles. The van der Waals surface area contributed by atoms with Crippen molar-refractivity contribution >= 4 is 27.4 Å². The number of ether oxygens (including phenoxy) is 2. The number of hydrogen-bond acceptors (Lipinski definition) is 8. The molecule has 2 aliphatic rings. The highest BCUT2D eigenvalue weighted by molar-refractivity contribution is 7.85. The zero-order valence-electron chi connectivity index (χ0n) is 21.4. The number of carbonyl (C=O) groups is 1. The Balaban J connectivity index is 1.17. The number of thiazole rings is 1. The molecule has 3 aromatic rings. The molecule has 1 fully saturated rings. The topological polar surface area (TPSA) is 124 Å². The maximum absolute atomic E-state index is 12.9. The van der Waals surface area contributed by atoms with E-state index in [2.05, 4.69) is 5.10 Å². The van der Waals surface area contributed by atoms with Crippen molar-refractivity contribution < 1.29 is 40.4 Å². The number of halogens is 3. The number of amides is 1. The van der Waals surface area contributed by atoms with E-state index in [0.717, 1.165) is 21.3 Å². The number of nitrogens with zero attached hydrogens (tertiary/aromatic N) is 4. The summed E-state index contributed by atoms with van der Waals surface area (Å²) >= 11 is 1.46. The van der Waals surface area contributed by atoms with Crippen LogP contribution in [0.2, 0.25) is 0 Å². The van der Waals surface area contributed by atoms with Gasteiger partial charge in [-0.15, -0.1) is 11.3 Å². The molecule has 0 aliphatic carbocycles. The van der Waals surface area contributed by atoms with Crippen molar-refractivity contribution in [2.45, 2.75) is 63.7 Å². The lowest BCUT2D eigenvalue weighted by molar-refractivity contribution is -0.155. The molecule has 5 rings (SSSR count). The van der Waals surface area contributed by atoms with E-state index >= 15 is 0 Å². The summed E-state index contributed by atoms with van der Waals surface area (Å²) in [5.74, 6) is -0.690. The van der Waals surface area contributed by atoms with Gasteiger partial charge in [0.2, 0.25) is 12.2 Å². The number of carbonyl (C=O) groups excluding carboxylic acids is 1. The van der Waals surface area contributed by atoms with Crippen molar-refractivity contribution in [2.75, 3.05) is 13.1 Å². The molecule has 40 heavy (non-hydrogen) atoms. The largest absolute Gasteiger partial charge is 0.435 e. The van der Waals surface area contributed by atoms with Gasteiger partial charge in [0.15, 0.2) is 5.69 Å². The molecule has 1 amide bonds. The van der Waals surface area contributed by atoms with Crippen molar-refractivity contribution in [3.8, 4) is 0 Å². The molecule has 0 radical (unpaired) electrons. The molecule has 2 aromatic heterocycles. The number of hydrogen-bond donors (Lipinski definition) is 1. The van der Waals surface area contributed by atoms with Crippen LogP contribution in [0.15, 0.2) is 29.6 Å². The minimum atomic E-state index is -4.56. The van der Waals surface area contributed by atoms with E-state index in [1.807, 2.05) is 11.4 Å². The Hall–Kier alpha value is -2.85. The predicted molar refractivity (Wildman–Crippen MR) is 137 cm³/mol. The minimum absolute atomic E-state index is 0.0965. The van der Waals surface area contributed by atoms with Crippen LogP contribution in [0.3, 0.4) is 0 Å². The van der Waals surface area contributed by atoms with Crippen LogP contribution in [0.4, 0.5) is 13.2 Å². The summed E-state index contributed by atoms with van der Waals surface area (Å²) in [7, 11) is -4.21. The van der Waals surface area contributed by atoms with Gasteiger partial charge < -0.3 is 14.4 Å². The summed E-state index contributed by atoms with van der Waals surface area (Å²) in [5, 5.41) is 6.27. The van der Waals surface area contributed by atoms with Gasteiger partial charge in [-0.2, -0.15) is 26.7 Å². The first-order valence-electron chi connectivity index (χ1n) is 12.5. The smallest absolute Gasteiger partial charge is 0.342 e. The third kappa shape index (κ3) is 6.54. The van der Waals surface area contributed by atoms with Gasteiger partial charge in [-0.05, 0) is 42.5 Å². The maximum Gasteiger partial charge on any atom is 0.435 e. The quantitative estimate of drug-likeness (QED) is 0.418. The molecule has 10 nitrogen and oxygen atoms in total. The lowest BCUT2D eigenvalue weighted by atomic mass is 9.97. The fourth-order valence-electron chi connectivity index (χ4n) is 4.89. The fourth-order valence-corrected chi connectivity index (χ4v) is 6.55. The highest BCUT2D eigenvalue weighted by Gasteiger charge is 2.35. The van der Waals surface area contributed by atoms with Crippen molar-refractivity contribution in [3.05, 3.63) is 68.4 Å². The molecule has 0 bridgehead atoms. The second-order valence-corrected chi connectivity index (χ2v) is 12.2. The normalized spacial score (nSPS) is 18.9. The highest BCUT2D eigenvalue weighted by Crippen LogP contribution is 2.35. The lowest BCUT2D eigenvalue weighted by Gasteiger charge is -2.31. The monoisotopic (exact) mass is 600 g/mol. The van der Waals surface area contributed by atoms with Gasteiger partial charge in [0.05, 0.1) is 18.2 Å². The average molecular weight is 601 g/mol. The van der Waals surface area contributed by atoms with E-state index in [4.69, 9.17) is 14.5 Å². The van der Waals surface area contributed by atoms with Crippen molar-refractivity contribution in [2.24, 2.45) is 0 Å². The standard InChI is InChI=1S/C25H27F3N4O6S2/c1-15-9-21(25(26,27)28)30-32(15)10-22(33)31-7-5-16(6-8-31)23-29-20(13-39-23)24-37-11-17-3-2-4-18(14-40(34,35)36)19(17)12-38-24/h2-4,9,13,16,24H,5-8,10-12,14H2,1H3,(H,34,35,36). The van der Waals surface area contributed by atoms with Crippen LogP contribution in [-0.2, 0) is 56.1 Å². The molecule has 1 unspecified atom stereocenters. The maximum atomic E-state index is 12.9. The predicted octanol–water partition coefficient (Wildman–Crippen LogP) is 4.21. The molecular formula is C25H27F3N4O6S2. The molecule has 0 saturated carbocycles. The van der Waals surface area contributed by atoms with Crippen LogP contribution in [0.25, 0.3) is 0 Å². The van der Waals surface area contributed by atoms with Crippen molar-refractivity contribution in [1.82, 2.24) is 19.7 Å². The summed E-state index contributed by atoms with van der Waals surface area (Å²) in [6.07, 6.45) is -4.01. The second kappa shape index (κ2) is 11.2. The van der Waals surface area contributed by atoms with Gasteiger partial charge in [-0.1, -0.05) is 18.2 Å². The summed E-state index contributed by atoms with van der Waals surface area (Å²) in [4.78, 5) is 19.1. The molecule has 2 aliphatic heterocycles. The van der Waals surface area contributed by atoms with Crippen LogP contribution in [0.1, 0.15) is 63.8 Å². The zero-order valence-corrected chi connectivity index (χ0v) is 23.1. The third-order valence-electron chi connectivity index (χ3n) is 7.01. The number of aryl methyl sites for hydroxylation is 1. The molecule has 0 spiro atoms. The zero-order chi connectivity index (χ0) is 28.7. The Labute approximate surface area is 232 Å². The first kappa shape index (κ1) is 28.7. The summed E-state index contributed by atoms with van der Waals surface area (Å²) in [6.45, 7) is 2.42. The fraction of sp³-hybridized carbons (Fsp3) is 0.480. The van der Waals surface area contributed by atoms with Crippen molar-refractivity contribution in [3.63, 3.8) is 0 Å². The van der Waals surface area contributed by atoms with E-state index in [-0.39, 0.29) is 37.3 Å². The summed E-state index contributed by atoms with van der Waals surface area (Å²) < 4.78 is 83.8. The summed E-state index contributed by atoms with van der Waals surface area (Å²) in [5.41, 5.74) is 1.74. The molecule has 15 heteroatoms. The van der Waals surface area contributed by atoms with E-state index in [9.17, 15) is 30.9 Å². The first-order valence-corrected chi connectivity index (χ1v) is 15.0. The second-order valence-electron chi connectivity index (χ2n) is 9.83. The Morgan fingerprint density at radius 1 is 1.20 bits per heavy atom. The van der Waals surface area contributed by atoms with Crippen LogP contribution in [0.5, 0.6) is 0 Å². The van der Waals surface area contributed by atoms with E-state index < -0.39 is 34.0 Å². The Morgan fingerprint density at radius 2 is 1.93 bits per heavy atom. The third-order valence-corrected chi connectivity index (χ3v) is 8.71. The molecule has 4 heterocycles. The van der Waals surface area contributed by atoms with E-state index in [0.29, 0.717) is 42.8 Å². The summed E-state index contributed by atoms with van der Waals surface area (Å²) in [6, 6.07) is 6.08. The lowest BCUT2D eigenvalue weighted by Crippen LogP contribution is -2.40. The SMILES string of the molecule is Cc1cc(C(F)(F)F)nn1CC(=O)N1CCC(c2nc(C3OCc4cccc(CS(=O)(=O)O)c4CO3)cs2)CC1. The number of fused-ring (bicyclic) bond motifs is 1. The Morgan fingerprint density at radius 3 is 2.60 bits per heavy atom. The molecular weight excluding hydrogens is 573 g/mol. The average Bonchev–Trinajstić information content (AvgIpc) is 3.45. The van der Waals surface area contributed by atoms with Crippen LogP contribution in [-0.4, -0.2) is 51.6 Å². The van der Waals surface area contributed by atoms with Crippen LogP contribution >= 0.6 is 11.3 Å². The van der Waals surface area contributed by atoms with Gasteiger partial charge in [0.1, 0.15) is 18.0 Å². The number of piperidine rings is 1. The van der Waals surface area contributed by atoms with Crippen LogP contribution < -0.4 is 0 Å². The number of likely N-dealkylation sites (tertiary alicyclic amines) is 1. The van der Waals surface area contributed by atoms with Gasteiger partial charge in [0, 0.05) is 30.1 Å². The van der Waals surface area contributed by atoms with Crippen LogP contribution in [0, 0.1) is 6.92 Å². The van der Waals surface area contributed by atoms with Gasteiger partial charge in [0.25, 0.3) is 10.1 Å². The number of benzene rings is 1. The van der Waals surface area contributed by atoms with Crippen molar-refractivity contribution in [1.29, 1.82) is 0 Å². The molecule has 1 N–H and O–H groups in total. The Bertz CT molecular complexity index is 1500. The molecule has 1 atom stereocenters. The number of aromatic nitrogens is 3.